The van der Waals surface area contributed by atoms with E-state index >= 15 is 0 Å². The molecule has 0 saturated carbocycles. The summed E-state index contributed by atoms with van der Waals surface area (Å²) in [7, 11) is -1.02. The molecule has 184 valence electrons. The number of hydrogen-bond donors (Lipinski definition) is 2. The van der Waals surface area contributed by atoms with E-state index < -0.39 is 21.8 Å². The van der Waals surface area contributed by atoms with Gasteiger partial charge in [-0.15, -0.1) is 0 Å². The van der Waals surface area contributed by atoms with Gasteiger partial charge in [0.25, 0.3) is 21.8 Å². The minimum atomic E-state index is -3.90. The predicted octanol–water partition coefficient (Wildman–Crippen LogP) is 2.98. The molecule has 0 unspecified atom stereocenters. The molecule has 0 saturated heterocycles. The monoisotopic (exact) mass is 497 g/mol. The van der Waals surface area contributed by atoms with Gasteiger partial charge in [0.1, 0.15) is 11.5 Å². The number of carbonyl (C=O) groups excluding carboxylic acids is 2. The molecular formula is C25H27N3O6S. The van der Waals surface area contributed by atoms with Crippen molar-refractivity contribution in [2.75, 3.05) is 25.1 Å². The Kier molecular flexibility index (Phi) is 7.98. The van der Waals surface area contributed by atoms with E-state index in [2.05, 4.69) is 10.9 Å². The second-order valence-electron chi connectivity index (χ2n) is 7.68. The Hall–Kier alpha value is -4.05. The van der Waals surface area contributed by atoms with Crippen LogP contribution in [0.1, 0.15) is 21.5 Å². The molecule has 0 radical (unpaired) electrons. The number of ether oxygens (including phenoxy) is 2. The molecule has 0 aromatic heterocycles. The zero-order valence-electron chi connectivity index (χ0n) is 19.9. The van der Waals surface area contributed by atoms with E-state index in [0.717, 1.165) is 15.4 Å². The number of carbonyl (C=O) groups is 2. The third kappa shape index (κ3) is 5.90. The van der Waals surface area contributed by atoms with Crippen LogP contribution < -0.4 is 24.6 Å². The first-order valence-corrected chi connectivity index (χ1v) is 12.1. The number of anilines is 1. The number of hydrazine groups is 1. The average molecular weight is 498 g/mol. The molecule has 0 aliphatic heterocycles. The molecular weight excluding hydrogens is 470 g/mol. The van der Waals surface area contributed by atoms with Crippen LogP contribution >= 0.6 is 0 Å². The number of hydrogen-bond acceptors (Lipinski definition) is 6. The third-order valence-corrected chi connectivity index (χ3v) is 7.06. The Morgan fingerprint density at radius 2 is 1.51 bits per heavy atom. The van der Waals surface area contributed by atoms with Crippen molar-refractivity contribution < 1.29 is 27.5 Å². The standard InChI is InChI=1S/C25H27N3O6S/c1-17-8-7-9-18(2)24(17)34-16-23(29)26-27-25(30)19-12-14-20(15-13-19)35(31,32)28(3)21-10-5-6-11-22(21)33-4/h5-15H,16H2,1-4H3,(H,26,29)(H,27,30). The van der Waals surface area contributed by atoms with Crippen LogP contribution in [0, 0.1) is 13.8 Å². The van der Waals surface area contributed by atoms with Crippen LogP contribution in [0.25, 0.3) is 0 Å². The average Bonchev–Trinajstić information content (AvgIpc) is 2.86. The van der Waals surface area contributed by atoms with Crippen molar-refractivity contribution in [3.05, 3.63) is 83.4 Å². The first-order valence-electron chi connectivity index (χ1n) is 10.7. The SMILES string of the molecule is COc1ccccc1N(C)S(=O)(=O)c1ccc(C(=O)NNC(=O)COc2c(C)cccc2C)cc1. The van der Waals surface area contributed by atoms with Gasteiger partial charge in [0.15, 0.2) is 6.61 Å². The highest BCUT2D eigenvalue weighted by Gasteiger charge is 2.24. The summed E-state index contributed by atoms with van der Waals surface area (Å²) in [4.78, 5) is 24.5. The maximum atomic E-state index is 13.0. The molecule has 9 nitrogen and oxygen atoms in total. The van der Waals surface area contributed by atoms with E-state index in [9.17, 15) is 18.0 Å². The number of nitrogens with one attached hydrogen (secondary N) is 2. The predicted molar refractivity (Wildman–Crippen MR) is 132 cm³/mol. The van der Waals surface area contributed by atoms with Gasteiger partial charge in [0.2, 0.25) is 0 Å². The Bertz CT molecular complexity index is 1300. The van der Waals surface area contributed by atoms with Gasteiger partial charge in [0.05, 0.1) is 17.7 Å². The van der Waals surface area contributed by atoms with Gasteiger partial charge in [-0.2, -0.15) is 0 Å². The summed E-state index contributed by atoms with van der Waals surface area (Å²) in [5.74, 6) is -0.123. The molecule has 2 N–H and O–H groups in total. The van der Waals surface area contributed by atoms with E-state index in [4.69, 9.17) is 9.47 Å². The summed E-state index contributed by atoms with van der Waals surface area (Å²) in [6.07, 6.45) is 0. The van der Waals surface area contributed by atoms with Gasteiger partial charge in [-0.05, 0) is 61.4 Å². The van der Waals surface area contributed by atoms with Crippen molar-refractivity contribution >= 4 is 27.5 Å². The number of para-hydroxylation sites is 3. The Balaban J connectivity index is 1.61. The fraction of sp³-hybridized carbons (Fsp3) is 0.200. The van der Waals surface area contributed by atoms with Gasteiger partial charge < -0.3 is 9.47 Å². The van der Waals surface area contributed by atoms with Crippen LogP contribution in [-0.2, 0) is 14.8 Å². The van der Waals surface area contributed by atoms with Crippen molar-refractivity contribution in [2.45, 2.75) is 18.7 Å². The van der Waals surface area contributed by atoms with E-state index in [1.807, 2.05) is 32.0 Å². The topological polar surface area (TPSA) is 114 Å². The lowest BCUT2D eigenvalue weighted by atomic mass is 10.1. The second-order valence-corrected chi connectivity index (χ2v) is 9.65. The molecule has 2 amide bonds. The molecule has 0 aliphatic rings. The van der Waals surface area contributed by atoms with Crippen LogP contribution in [0.4, 0.5) is 5.69 Å². The highest BCUT2D eigenvalue weighted by Crippen LogP contribution is 2.30. The first kappa shape index (κ1) is 25.6. The van der Waals surface area contributed by atoms with Crippen LogP contribution in [-0.4, -0.2) is 41.0 Å². The number of benzene rings is 3. The van der Waals surface area contributed by atoms with E-state index in [-0.39, 0.29) is 17.1 Å². The van der Waals surface area contributed by atoms with Crippen LogP contribution in [0.2, 0.25) is 0 Å². The molecule has 0 fully saturated rings. The molecule has 0 spiro atoms. The van der Waals surface area contributed by atoms with E-state index in [0.29, 0.717) is 17.2 Å². The summed E-state index contributed by atoms with van der Waals surface area (Å²) in [5.41, 5.74) is 6.91. The zero-order valence-corrected chi connectivity index (χ0v) is 20.7. The Labute approximate surface area is 204 Å². The van der Waals surface area contributed by atoms with Crippen LogP contribution in [0.5, 0.6) is 11.5 Å². The third-order valence-electron chi connectivity index (χ3n) is 5.27. The molecule has 35 heavy (non-hydrogen) atoms. The van der Waals surface area contributed by atoms with Gasteiger partial charge in [0, 0.05) is 12.6 Å². The second kappa shape index (κ2) is 10.9. The summed E-state index contributed by atoms with van der Waals surface area (Å²) in [5, 5.41) is 0. The molecule has 0 aliphatic carbocycles. The number of methoxy groups -OCH3 is 1. The first-order chi connectivity index (χ1) is 16.6. The molecule has 3 aromatic rings. The highest BCUT2D eigenvalue weighted by atomic mass is 32.2. The fourth-order valence-corrected chi connectivity index (χ4v) is 4.56. The fourth-order valence-electron chi connectivity index (χ4n) is 3.36. The maximum absolute atomic E-state index is 13.0. The number of nitrogens with zero attached hydrogens (tertiary/aromatic N) is 1. The lowest BCUT2D eigenvalue weighted by Crippen LogP contribution is -2.43. The van der Waals surface area contributed by atoms with E-state index in [1.165, 1.54) is 38.4 Å². The minimum Gasteiger partial charge on any atom is -0.495 e. The van der Waals surface area contributed by atoms with Gasteiger partial charge in [-0.1, -0.05) is 30.3 Å². The molecule has 3 rings (SSSR count). The lowest BCUT2D eigenvalue weighted by Gasteiger charge is -2.21. The molecule has 0 heterocycles. The molecule has 3 aromatic carbocycles. The van der Waals surface area contributed by atoms with Crippen molar-refractivity contribution in [1.29, 1.82) is 0 Å². The normalized spacial score (nSPS) is 10.9. The zero-order chi connectivity index (χ0) is 25.6. The smallest absolute Gasteiger partial charge is 0.276 e. The number of sulfonamides is 1. The molecule has 10 heteroatoms. The quantitative estimate of drug-likeness (QED) is 0.463. The van der Waals surface area contributed by atoms with Gasteiger partial charge in [-0.25, -0.2) is 8.42 Å². The van der Waals surface area contributed by atoms with Crippen molar-refractivity contribution in [3.8, 4) is 11.5 Å². The Morgan fingerprint density at radius 3 is 2.14 bits per heavy atom. The van der Waals surface area contributed by atoms with Gasteiger partial charge in [-0.3, -0.25) is 24.7 Å². The summed E-state index contributed by atoms with van der Waals surface area (Å²) in [6.45, 7) is 3.47. The molecule has 0 atom stereocenters. The number of rotatable bonds is 8. The minimum absolute atomic E-state index is 0.00603. The highest BCUT2D eigenvalue weighted by molar-refractivity contribution is 7.92. The van der Waals surface area contributed by atoms with Crippen molar-refractivity contribution in [3.63, 3.8) is 0 Å². The van der Waals surface area contributed by atoms with Crippen LogP contribution in [0.3, 0.4) is 0 Å². The number of amides is 2. The Morgan fingerprint density at radius 1 is 0.886 bits per heavy atom. The van der Waals surface area contributed by atoms with Gasteiger partial charge >= 0.3 is 0 Å². The lowest BCUT2D eigenvalue weighted by molar-refractivity contribution is -0.123. The van der Waals surface area contributed by atoms with Crippen molar-refractivity contribution in [2.24, 2.45) is 0 Å². The largest absolute Gasteiger partial charge is 0.495 e. The summed E-state index contributed by atoms with van der Waals surface area (Å²) >= 11 is 0. The molecule has 0 bridgehead atoms. The summed E-state index contributed by atoms with van der Waals surface area (Å²) < 4.78 is 38.0. The van der Waals surface area contributed by atoms with E-state index in [1.54, 1.807) is 24.3 Å². The number of aryl methyl sites for hydroxylation is 2. The maximum Gasteiger partial charge on any atom is 0.276 e. The summed E-state index contributed by atoms with van der Waals surface area (Å²) in [6, 6.07) is 17.7. The van der Waals surface area contributed by atoms with Crippen molar-refractivity contribution in [1.82, 2.24) is 10.9 Å². The van der Waals surface area contributed by atoms with Crippen LogP contribution in [0.15, 0.2) is 71.6 Å².